The molecule has 11 heteroatoms. The molecule has 10 nitrogen and oxygen atoms in total. The topological polar surface area (TPSA) is 252 Å². The fourth-order valence-corrected chi connectivity index (χ4v) is 0. The summed E-state index contributed by atoms with van der Waals surface area (Å²) in [6.07, 6.45) is 0. The van der Waals surface area contributed by atoms with Crippen LogP contribution >= 0.6 is 0 Å². The minimum absolute atomic E-state index is 0. The minimum Gasteiger partial charge on any atom is -0.412 e. The summed E-state index contributed by atoms with van der Waals surface area (Å²) in [5.74, 6) is 0. The molecule has 1 radical (unpaired) electrons. The third kappa shape index (κ3) is 6830. The Hall–Kier alpha value is 0.324. The molecule has 0 aromatic heterocycles. The Labute approximate surface area is 94.1 Å². The molecule has 11 heavy (non-hydrogen) atoms. The van der Waals surface area contributed by atoms with Crippen molar-refractivity contribution in [2.24, 2.45) is 0 Å². The molecule has 0 atom stereocenters. The monoisotopic (exact) mass is 312 g/mol. The molecule has 0 aliphatic carbocycles. The molecule has 0 aromatic carbocycles. The van der Waals surface area contributed by atoms with E-state index in [0.717, 1.165) is 0 Å². The molecule has 0 bridgehead atoms. The summed E-state index contributed by atoms with van der Waals surface area (Å²) in [6.45, 7) is 0. The third-order valence-electron chi connectivity index (χ3n) is 0. The molecule has 0 unspecified atom stereocenters. The van der Waals surface area contributed by atoms with E-state index in [1.165, 1.54) is 0 Å². The van der Waals surface area contributed by atoms with Gasteiger partial charge in [-0.1, -0.05) is 0 Å². The van der Waals surface area contributed by atoms with Crippen molar-refractivity contribution in [1.29, 1.82) is 0 Å². The molecule has 0 fully saturated rings. The van der Waals surface area contributed by atoms with Gasteiger partial charge in [0, 0.05) is 41.3 Å². The van der Waals surface area contributed by atoms with Gasteiger partial charge in [-0.25, -0.2) is 0 Å². The van der Waals surface area contributed by atoms with Crippen LogP contribution in [0.3, 0.4) is 0 Å². The summed E-state index contributed by atoms with van der Waals surface area (Å²) in [5.41, 5.74) is 0. The van der Waals surface area contributed by atoms with Crippen LogP contribution in [0, 0.1) is 51.4 Å². The quantitative estimate of drug-likeness (QED) is 0.339. The van der Waals surface area contributed by atoms with Gasteiger partial charge in [0.05, 0.1) is 0 Å². The van der Waals surface area contributed by atoms with Crippen molar-refractivity contribution >= 4 is 0 Å². The Morgan fingerprint density at radius 3 is 0.909 bits per heavy atom. The van der Waals surface area contributed by atoms with E-state index in [2.05, 4.69) is 0 Å². The van der Waals surface area contributed by atoms with Crippen molar-refractivity contribution in [1.82, 2.24) is 0 Å². The average molecular weight is 312 g/mol. The Balaban J connectivity index is -0.00000000214. The van der Waals surface area contributed by atoms with Gasteiger partial charge in [-0.3, -0.25) is 0 Å². The van der Waals surface area contributed by atoms with E-state index >= 15 is 0 Å². The van der Waals surface area contributed by atoms with Crippen molar-refractivity contribution in [2.45, 2.75) is 0 Å². The van der Waals surface area contributed by atoms with Gasteiger partial charge in [0.25, 0.3) is 5.09 Å². The summed E-state index contributed by atoms with van der Waals surface area (Å²) < 4.78 is 0. The van der Waals surface area contributed by atoms with Crippen molar-refractivity contribution in [3.8, 4) is 0 Å². The van der Waals surface area contributed by atoms with Gasteiger partial charge in [0.15, 0.2) is 0 Å². The first kappa shape index (κ1) is 109. The average Bonchev–Trinajstić information content (AvgIpc) is 0.811. The smallest absolute Gasteiger partial charge is 0.291 e. The maximum Gasteiger partial charge on any atom is 0.291 e. The first-order chi connectivity index (χ1) is 1.73. The van der Waals surface area contributed by atoms with Gasteiger partial charge in [-0.05, 0) is 0 Å². The zero-order valence-electron chi connectivity index (χ0n) is 5.29. The predicted molar refractivity (Wildman–Crippen MR) is 30.5 cm³/mol. The molecule has 0 rings (SSSR count). The van der Waals surface area contributed by atoms with Gasteiger partial charge in [0.2, 0.25) is 0 Å². The normalized spacial score (nSPS) is 2.18. The second kappa shape index (κ2) is 81.2. The van der Waals surface area contributed by atoms with Crippen LogP contribution in [0.1, 0.15) is 0 Å². The second-order valence-corrected chi connectivity index (χ2v) is 0.238. The Kier molecular flexibility index (Phi) is 807. The molecule has 0 saturated carbocycles. The number of rotatable bonds is 0. The summed E-state index contributed by atoms with van der Waals surface area (Å²) in [6, 6.07) is 0. The molecule has 0 aromatic rings. The van der Waals surface area contributed by atoms with Crippen molar-refractivity contribution in [2.75, 3.05) is 0 Å². The van der Waals surface area contributed by atoms with Crippen LogP contribution < -0.4 is 0 Å². The molecule has 0 aliphatic heterocycles. The molecule has 0 saturated heterocycles. The Morgan fingerprint density at radius 1 is 0.909 bits per heavy atom. The van der Waals surface area contributed by atoms with E-state index in [4.69, 9.17) is 15.3 Å². The number of nitrogens with zero attached hydrogens (tertiary/aromatic N) is 1. The van der Waals surface area contributed by atoms with E-state index in [0.29, 0.717) is 0 Å². The molecule has 0 heterocycles. The van der Waals surface area contributed by atoms with Crippen LogP contribution in [-0.4, -0.2) is 43.2 Å². The van der Waals surface area contributed by atoms with Gasteiger partial charge < -0.3 is 38.1 Å². The first-order valence-corrected chi connectivity index (χ1v) is 0.565. The number of hydrogen-bond acceptors (Lipinski definition) is 2. The van der Waals surface area contributed by atoms with Gasteiger partial charge in [-0.2, -0.15) is 0 Å². The van der Waals surface area contributed by atoms with Crippen LogP contribution in [0.15, 0.2) is 0 Å². The Morgan fingerprint density at radius 2 is 0.909 bits per heavy atom. The van der Waals surface area contributed by atoms with Crippen molar-refractivity contribution in [3.63, 3.8) is 0 Å². The molecule has 0 aliphatic rings. The van der Waals surface area contributed by atoms with E-state index in [-0.39, 0.29) is 74.1 Å². The zero-order valence-corrected chi connectivity index (χ0v) is 8.99. The number of hydrogen-bond donors (Lipinski definition) is 1. The molecular weight excluding hydrogens is 299 g/mol. The molecule has 13 N–H and O–H groups in total. The van der Waals surface area contributed by atoms with Crippen LogP contribution in [0.5, 0.6) is 0 Å². The molecular formula is H13NO9Pr. The summed E-state index contributed by atoms with van der Waals surface area (Å²) >= 11 is 0. The van der Waals surface area contributed by atoms with Crippen LogP contribution in [-0.2, 0) is 0 Å². The maximum atomic E-state index is 8.36. The zero-order chi connectivity index (χ0) is 3.58. The van der Waals surface area contributed by atoms with Crippen LogP contribution in [0.4, 0.5) is 0 Å². The van der Waals surface area contributed by atoms with E-state index in [1.54, 1.807) is 0 Å². The summed E-state index contributed by atoms with van der Waals surface area (Å²) in [7, 11) is 0. The van der Waals surface area contributed by atoms with E-state index < -0.39 is 5.09 Å². The fraction of sp³-hybridized carbons (Fsp3) is 0. The standard InChI is InChI=1S/HNO3.6H2O.Pr/c2-1(3)4;;;;;;;/h(H,2,3,4);6*1H2;. The van der Waals surface area contributed by atoms with Crippen LogP contribution in [0.25, 0.3) is 0 Å². The van der Waals surface area contributed by atoms with Crippen LogP contribution in [0.2, 0.25) is 0 Å². The van der Waals surface area contributed by atoms with Crippen molar-refractivity contribution < 1.29 is 84.4 Å². The van der Waals surface area contributed by atoms with E-state index in [1.807, 2.05) is 0 Å². The summed E-state index contributed by atoms with van der Waals surface area (Å²) in [5, 5.41) is 13.6. The maximum absolute atomic E-state index is 8.36. The SMILES string of the molecule is O.O.O.O.O.O.O=[N+]([O-])O.[Pr]. The minimum atomic E-state index is -1.50. The largest absolute Gasteiger partial charge is 0.412 e. The fourth-order valence-electron chi connectivity index (χ4n) is 0. The molecule has 0 amide bonds. The van der Waals surface area contributed by atoms with Gasteiger partial charge >= 0.3 is 0 Å². The summed E-state index contributed by atoms with van der Waals surface area (Å²) in [4.78, 5) is 8.36. The second-order valence-electron chi connectivity index (χ2n) is 0.238. The van der Waals surface area contributed by atoms with Gasteiger partial charge in [0.1, 0.15) is 0 Å². The first-order valence-electron chi connectivity index (χ1n) is 0.565. The molecule has 0 spiro atoms. The van der Waals surface area contributed by atoms with Crippen molar-refractivity contribution in [3.05, 3.63) is 10.1 Å². The predicted octanol–water partition coefficient (Wildman–Crippen LogP) is -5.30. The Bertz CT molecular complexity index is 32.5. The third-order valence-corrected chi connectivity index (χ3v) is 0. The van der Waals surface area contributed by atoms with Gasteiger partial charge in [-0.15, -0.1) is 10.1 Å². The van der Waals surface area contributed by atoms with E-state index in [9.17, 15) is 0 Å². The molecule has 75 valence electrons.